The van der Waals surface area contributed by atoms with Crippen LogP contribution >= 0.6 is 0 Å². The number of rotatable bonds is 3. The molecule has 1 nitrogen and oxygen atoms in total. The molecule has 0 aromatic heterocycles. The summed E-state index contributed by atoms with van der Waals surface area (Å²) < 4.78 is 0. The summed E-state index contributed by atoms with van der Waals surface area (Å²) in [4.78, 5) is 0. The van der Waals surface area contributed by atoms with Gasteiger partial charge < -0.3 is 0 Å². The fraction of sp³-hybridized carbons (Fsp3) is 0.200. The maximum absolute atomic E-state index is 5.23. The molecule has 0 bridgehead atoms. The topological polar surface area (TPSA) is 12.0 Å². The van der Waals surface area contributed by atoms with Crippen molar-refractivity contribution in [2.24, 2.45) is 0 Å². The number of nitrogens with one attached hydrogen (secondary N) is 1. The molecule has 0 aliphatic carbocycles. The summed E-state index contributed by atoms with van der Waals surface area (Å²) in [7, 11) is 0. The summed E-state index contributed by atoms with van der Waals surface area (Å²) in [6.45, 7) is 2.73. The molecule has 0 saturated carbocycles. The van der Waals surface area contributed by atoms with Gasteiger partial charge in [0.2, 0.25) is 0 Å². The van der Waals surface area contributed by atoms with E-state index in [9.17, 15) is 0 Å². The Morgan fingerprint density at radius 2 is 1.94 bits per heavy atom. The molecule has 0 aliphatic heterocycles. The van der Waals surface area contributed by atoms with Gasteiger partial charge in [-0.05, 0) is 29.3 Å². The summed E-state index contributed by atoms with van der Waals surface area (Å²) in [5.74, 6) is 2.59. The van der Waals surface area contributed by atoms with E-state index >= 15 is 0 Å². The SMILES string of the molecule is C#CCNC(C)c1ccc2ccccc2c1. The van der Waals surface area contributed by atoms with E-state index in [1.807, 2.05) is 0 Å². The first-order valence-corrected chi connectivity index (χ1v) is 5.47. The quantitative estimate of drug-likeness (QED) is 0.766. The van der Waals surface area contributed by atoms with E-state index < -0.39 is 0 Å². The zero-order valence-electron chi connectivity index (χ0n) is 9.40. The standard InChI is InChI=1S/C15H15N/c1-3-10-16-12(2)14-9-8-13-6-4-5-7-15(13)11-14/h1,4-9,11-12,16H,10H2,2H3. The Morgan fingerprint density at radius 1 is 1.19 bits per heavy atom. The summed E-state index contributed by atoms with van der Waals surface area (Å²) >= 11 is 0. The van der Waals surface area contributed by atoms with Gasteiger partial charge in [0.25, 0.3) is 0 Å². The van der Waals surface area contributed by atoms with Gasteiger partial charge in [-0.25, -0.2) is 0 Å². The first kappa shape index (κ1) is 10.7. The van der Waals surface area contributed by atoms with Crippen molar-refractivity contribution in [3.05, 3.63) is 48.0 Å². The lowest BCUT2D eigenvalue weighted by molar-refractivity contribution is 0.624. The first-order chi connectivity index (χ1) is 7.81. The molecule has 0 amide bonds. The molecule has 0 spiro atoms. The minimum absolute atomic E-state index is 0.292. The molecule has 0 saturated heterocycles. The highest BCUT2D eigenvalue weighted by molar-refractivity contribution is 5.83. The Morgan fingerprint density at radius 3 is 2.69 bits per heavy atom. The van der Waals surface area contributed by atoms with Gasteiger partial charge in [0, 0.05) is 6.04 Å². The highest BCUT2D eigenvalue weighted by atomic mass is 14.9. The average molecular weight is 209 g/mol. The zero-order valence-corrected chi connectivity index (χ0v) is 9.40. The molecule has 80 valence electrons. The summed E-state index contributed by atoms with van der Waals surface area (Å²) in [6.07, 6.45) is 5.23. The molecule has 16 heavy (non-hydrogen) atoms. The molecule has 1 unspecified atom stereocenters. The van der Waals surface area contributed by atoms with Crippen LogP contribution in [0.2, 0.25) is 0 Å². The Bertz CT molecular complexity index is 522. The molecule has 1 N–H and O–H groups in total. The van der Waals surface area contributed by atoms with Gasteiger partial charge in [-0.1, -0.05) is 42.3 Å². The third kappa shape index (κ3) is 2.24. The number of hydrogen-bond acceptors (Lipinski definition) is 1. The maximum atomic E-state index is 5.23. The van der Waals surface area contributed by atoms with E-state index in [2.05, 4.69) is 60.6 Å². The van der Waals surface area contributed by atoms with Gasteiger partial charge in [0.05, 0.1) is 6.54 Å². The Kier molecular flexibility index (Phi) is 3.24. The third-order valence-corrected chi connectivity index (χ3v) is 2.78. The fourth-order valence-corrected chi connectivity index (χ4v) is 1.81. The second kappa shape index (κ2) is 4.83. The van der Waals surface area contributed by atoms with Crippen LogP contribution in [0.1, 0.15) is 18.5 Å². The van der Waals surface area contributed by atoms with Crippen LogP contribution in [0.4, 0.5) is 0 Å². The van der Waals surface area contributed by atoms with E-state index in [0.717, 1.165) is 0 Å². The Labute approximate surface area is 96.5 Å². The molecular formula is C15H15N. The van der Waals surface area contributed by atoms with Crippen LogP contribution in [0.15, 0.2) is 42.5 Å². The number of fused-ring (bicyclic) bond motifs is 1. The van der Waals surface area contributed by atoms with Crippen molar-refractivity contribution in [2.75, 3.05) is 6.54 Å². The van der Waals surface area contributed by atoms with Gasteiger partial charge in [-0.15, -0.1) is 6.42 Å². The fourth-order valence-electron chi connectivity index (χ4n) is 1.81. The van der Waals surface area contributed by atoms with Crippen LogP contribution in [0.5, 0.6) is 0 Å². The van der Waals surface area contributed by atoms with Crippen LogP contribution in [-0.4, -0.2) is 6.54 Å². The number of hydrogen-bond donors (Lipinski definition) is 1. The van der Waals surface area contributed by atoms with Crippen LogP contribution in [-0.2, 0) is 0 Å². The molecule has 0 radical (unpaired) electrons. The summed E-state index contributed by atoms with van der Waals surface area (Å²) in [5, 5.41) is 5.82. The smallest absolute Gasteiger partial charge is 0.0578 e. The minimum atomic E-state index is 0.292. The molecular weight excluding hydrogens is 194 g/mol. The van der Waals surface area contributed by atoms with Crippen molar-refractivity contribution in [3.63, 3.8) is 0 Å². The average Bonchev–Trinajstić information content (AvgIpc) is 2.35. The Hall–Kier alpha value is -1.78. The van der Waals surface area contributed by atoms with E-state index in [-0.39, 0.29) is 0 Å². The van der Waals surface area contributed by atoms with Crippen LogP contribution in [0.3, 0.4) is 0 Å². The van der Waals surface area contributed by atoms with Crippen molar-refractivity contribution >= 4 is 10.8 Å². The van der Waals surface area contributed by atoms with Gasteiger partial charge in [-0.3, -0.25) is 5.32 Å². The summed E-state index contributed by atoms with van der Waals surface area (Å²) in [6, 6.07) is 15.2. The predicted molar refractivity (Wildman–Crippen MR) is 69.2 cm³/mol. The monoisotopic (exact) mass is 209 g/mol. The van der Waals surface area contributed by atoms with Gasteiger partial charge in [0.1, 0.15) is 0 Å². The van der Waals surface area contributed by atoms with Crippen LogP contribution < -0.4 is 5.32 Å². The van der Waals surface area contributed by atoms with Gasteiger partial charge in [-0.2, -0.15) is 0 Å². The molecule has 2 aromatic carbocycles. The van der Waals surface area contributed by atoms with Gasteiger partial charge >= 0.3 is 0 Å². The molecule has 2 rings (SSSR count). The van der Waals surface area contributed by atoms with E-state index in [4.69, 9.17) is 6.42 Å². The number of benzene rings is 2. The van der Waals surface area contributed by atoms with Crippen molar-refractivity contribution in [2.45, 2.75) is 13.0 Å². The maximum Gasteiger partial charge on any atom is 0.0578 e. The molecule has 2 aromatic rings. The van der Waals surface area contributed by atoms with E-state index in [0.29, 0.717) is 12.6 Å². The second-order valence-electron chi connectivity index (χ2n) is 3.91. The molecule has 0 aliphatic rings. The highest BCUT2D eigenvalue weighted by Gasteiger charge is 2.03. The minimum Gasteiger partial charge on any atom is -0.300 e. The lowest BCUT2D eigenvalue weighted by Gasteiger charge is -2.12. The zero-order chi connectivity index (χ0) is 11.4. The largest absolute Gasteiger partial charge is 0.300 e. The molecule has 1 atom stereocenters. The second-order valence-corrected chi connectivity index (χ2v) is 3.91. The van der Waals surface area contributed by atoms with Crippen LogP contribution in [0, 0.1) is 12.3 Å². The molecule has 0 heterocycles. The summed E-state index contributed by atoms with van der Waals surface area (Å²) in [5.41, 5.74) is 1.27. The van der Waals surface area contributed by atoms with Crippen molar-refractivity contribution < 1.29 is 0 Å². The van der Waals surface area contributed by atoms with Gasteiger partial charge in [0.15, 0.2) is 0 Å². The lowest BCUT2D eigenvalue weighted by Crippen LogP contribution is -2.18. The van der Waals surface area contributed by atoms with Crippen molar-refractivity contribution in [1.82, 2.24) is 5.32 Å². The molecule has 0 fully saturated rings. The highest BCUT2D eigenvalue weighted by Crippen LogP contribution is 2.19. The van der Waals surface area contributed by atoms with Crippen LogP contribution in [0.25, 0.3) is 10.8 Å². The molecule has 1 heteroatoms. The van der Waals surface area contributed by atoms with Crippen molar-refractivity contribution in [1.29, 1.82) is 0 Å². The lowest BCUT2D eigenvalue weighted by atomic mass is 10.0. The predicted octanol–water partition coefficient (Wildman–Crippen LogP) is 3.12. The first-order valence-electron chi connectivity index (χ1n) is 5.47. The van der Waals surface area contributed by atoms with E-state index in [1.54, 1.807) is 0 Å². The Balaban J connectivity index is 2.29. The third-order valence-electron chi connectivity index (χ3n) is 2.78. The van der Waals surface area contributed by atoms with Crippen molar-refractivity contribution in [3.8, 4) is 12.3 Å². The normalized spacial score (nSPS) is 12.2. The van der Waals surface area contributed by atoms with E-state index in [1.165, 1.54) is 16.3 Å². The number of terminal acetylenes is 1.